The zero-order valence-electron chi connectivity index (χ0n) is 31.5. The molecule has 284 valence electrons. The first-order valence-electron chi connectivity index (χ1n) is 17.7. The topological polar surface area (TPSA) is 144 Å². The first-order valence-corrected chi connectivity index (χ1v) is 21.1. The Hall–Kier alpha value is -3.08. The van der Waals surface area contributed by atoms with Crippen molar-refractivity contribution in [1.29, 1.82) is 0 Å². The first kappa shape index (κ1) is 40.1. The lowest BCUT2D eigenvalue weighted by Crippen LogP contribution is -2.51. The summed E-state index contributed by atoms with van der Waals surface area (Å²) in [7, 11) is -7.63. The van der Waals surface area contributed by atoms with Gasteiger partial charge in [0.25, 0.3) is 5.91 Å². The molecule has 0 bridgehead atoms. The summed E-state index contributed by atoms with van der Waals surface area (Å²) >= 11 is 0. The van der Waals surface area contributed by atoms with Crippen LogP contribution in [0.5, 0.6) is 0 Å². The highest BCUT2D eigenvalue weighted by Crippen LogP contribution is 2.59. The van der Waals surface area contributed by atoms with Gasteiger partial charge in [-0.2, -0.15) is 5.10 Å². The molecule has 2 aromatic carbocycles. The number of sulfone groups is 1. The molecule has 3 aromatic rings. The van der Waals surface area contributed by atoms with Gasteiger partial charge in [0.1, 0.15) is 0 Å². The summed E-state index contributed by atoms with van der Waals surface area (Å²) in [6.45, 7) is 13.3. The monoisotopic (exact) mass is 757 g/mol. The number of aryl methyl sites for hydroxylation is 1. The minimum atomic E-state index is -3.82. The zero-order valence-corrected chi connectivity index (χ0v) is 33.2. The van der Waals surface area contributed by atoms with Crippen molar-refractivity contribution >= 4 is 34.5 Å². The van der Waals surface area contributed by atoms with E-state index in [1.165, 1.54) is 6.92 Å². The molecule has 1 saturated heterocycles. The first-order chi connectivity index (χ1) is 24.2. The Labute approximate surface area is 307 Å². The Balaban J connectivity index is 1.22. The van der Waals surface area contributed by atoms with Crippen LogP contribution in [0.3, 0.4) is 0 Å². The van der Waals surface area contributed by atoms with E-state index in [1.54, 1.807) is 10.9 Å². The average molecular weight is 758 g/mol. The minimum absolute atomic E-state index is 0.0109. The Morgan fingerprint density at radius 3 is 2.21 bits per heavy atom. The maximum Gasteiger partial charge on any atom is 0.475 e. The fraction of sp³-hybridized carbons (Fsp3) is 0.579. The molecule has 14 heteroatoms. The lowest BCUT2D eigenvalue weighted by atomic mass is 9.96. The van der Waals surface area contributed by atoms with E-state index in [1.807, 2.05) is 84.0 Å². The summed E-state index contributed by atoms with van der Waals surface area (Å²) in [5.74, 6) is 5.70. The van der Waals surface area contributed by atoms with Gasteiger partial charge in [0, 0.05) is 47.8 Å². The highest BCUT2D eigenvalue weighted by molar-refractivity contribution is 7.92. The van der Waals surface area contributed by atoms with Crippen molar-refractivity contribution in [2.24, 2.45) is 0 Å². The van der Waals surface area contributed by atoms with Gasteiger partial charge < -0.3 is 4.74 Å². The van der Waals surface area contributed by atoms with E-state index in [-0.39, 0.29) is 25.0 Å². The van der Waals surface area contributed by atoms with E-state index in [9.17, 15) is 17.8 Å². The quantitative estimate of drug-likeness (QED) is 0.110. The van der Waals surface area contributed by atoms with E-state index in [2.05, 4.69) is 22.4 Å². The predicted octanol–water partition coefficient (Wildman–Crippen LogP) is 6.99. The van der Waals surface area contributed by atoms with Gasteiger partial charge in [0.2, 0.25) is 0 Å². The van der Waals surface area contributed by atoms with Crippen LogP contribution in [0, 0.1) is 11.8 Å². The lowest BCUT2D eigenvalue weighted by molar-refractivity contribution is -0.201. The van der Waals surface area contributed by atoms with Gasteiger partial charge in [-0.25, -0.2) is 23.3 Å². The minimum Gasteiger partial charge on any atom is -0.350 e. The molecular weight excluding hydrogens is 705 g/mol. The molecule has 1 saturated carbocycles. The normalized spacial score (nSPS) is 19.0. The number of nitrogens with zero attached hydrogens (tertiary/aromatic N) is 2. The molecule has 1 aliphatic heterocycles. The number of amides is 1. The Bertz CT molecular complexity index is 1940. The highest BCUT2D eigenvalue weighted by Gasteiger charge is 2.48. The summed E-state index contributed by atoms with van der Waals surface area (Å²) in [5.41, 5.74) is 4.17. The number of hydroxylamine groups is 1. The largest absolute Gasteiger partial charge is 0.475 e. The van der Waals surface area contributed by atoms with Crippen LogP contribution in [0.4, 0.5) is 0 Å². The summed E-state index contributed by atoms with van der Waals surface area (Å²) in [6, 6.07) is 13.7. The molecule has 2 heterocycles. The fourth-order valence-electron chi connectivity index (χ4n) is 5.82. The number of carbonyl (C=O) groups is 1. The van der Waals surface area contributed by atoms with E-state index in [0.29, 0.717) is 13.0 Å². The van der Waals surface area contributed by atoms with Crippen LogP contribution in [0.25, 0.3) is 10.9 Å². The summed E-state index contributed by atoms with van der Waals surface area (Å²) in [4.78, 5) is 18.5. The second-order valence-electron chi connectivity index (χ2n) is 16.0. The SMILES string of the molecule is CC(C)(C)OP(=O)(OCC1(c2ccc(C#Cc3ccc4c(cnn4CC[C@](C)(C(=O)NO[C@@H]4CCCCO4)S(C)(=O)=O)c3)cc2)CC1)OC(C)(C)C. The molecular formula is C38H52N3O9PS. The van der Waals surface area contributed by atoms with Gasteiger partial charge in [0.15, 0.2) is 20.9 Å². The van der Waals surface area contributed by atoms with Crippen molar-refractivity contribution < 1.29 is 40.9 Å². The average Bonchev–Trinajstić information content (AvgIpc) is 3.75. The van der Waals surface area contributed by atoms with Crippen molar-refractivity contribution in [1.82, 2.24) is 15.3 Å². The van der Waals surface area contributed by atoms with Crippen LogP contribution in [0.1, 0.15) is 104 Å². The van der Waals surface area contributed by atoms with Crippen LogP contribution in [-0.2, 0) is 54.3 Å². The second kappa shape index (κ2) is 15.3. The van der Waals surface area contributed by atoms with E-state index >= 15 is 0 Å². The molecule has 1 N–H and O–H groups in total. The lowest BCUT2D eigenvalue weighted by Gasteiger charge is -2.32. The van der Waals surface area contributed by atoms with Crippen LogP contribution in [0.2, 0.25) is 0 Å². The Morgan fingerprint density at radius 2 is 1.63 bits per heavy atom. The van der Waals surface area contributed by atoms with Gasteiger partial charge in [-0.15, -0.1) is 0 Å². The number of benzene rings is 2. The number of rotatable bonds is 13. The molecule has 2 atom stereocenters. The van der Waals surface area contributed by atoms with Gasteiger partial charge in [-0.05, 0) is 116 Å². The molecule has 12 nitrogen and oxygen atoms in total. The summed E-state index contributed by atoms with van der Waals surface area (Å²) in [6.07, 6.45) is 6.41. The van der Waals surface area contributed by atoms with Gasteiger partial charge in [-0.3, -0.25) is 23.0 Å². The molecule has 2 fully saturated rings. The number of phosphoric acid groups is 1. The fourth-order valence-corrected chi connectivity index (χ4v) is 8.55. The van der Waals surface area contributed by atoms with Crippen molar-refractivity contribution in [2.45, 2.75) is 121 Å². The standard InChI is InChI=1S/C38H52N3O9PS/c1-35(2,3)49-51(43,50-36(4,5)6)47-27-38(20-21-38)31-17-14-28(15-18-31)12-13-29-16-19-32-30(25-29)26-39-41(32)23-22-37(7,52(8,44)45)34(42)40-48-33-11-9-10-24-46-33/h14-19,25-26,33H,9-11,20-24,27H2,1-8H3,(H,40,42)/t33-,37-/m1/s1. The van der Waals surface area contributed by atoms with E-state index in [4.69, 9.17) is 23.1 Å². The number of carbonyl (C=O) groups excluding carboxylic acids is 1. The third-order valence-electron chi connectivity index (χ3n) is 9.13. The maximum atomic E-state index is 13.6. The molecule has 1 amide bonds. The number of ether oxygens (including phenoxy) is 1. The summed E-state index contributed by atoms with van der Waals surface area (Å²) in [5, 5.41) is 5.31. The van der Waals surface area contributed by atoms with Crippen molar-refractivity contribution in [3.8, 4) is 11.8 Å². The second-order valence-corrected chi connectivity index (χ2v) is 19.9. The number of aromatic nitrogens is 2. The van der Waals surface area contributed by atoms with Crippen molar-refractivity contribution in [3.05, 3.63) is 65.4 Å². The molecule has 1 aromatic heterocycles. The molecule has 1 aliphatic carbocycles. The summed E-state index contributed by atoms with van der Waals surface area (Å²) < 4.78 is 62.1. The number of phosphoric ester groups is 1. The smallest absolute Gasteiger partial charge is 0.350 e. The third kappa shape index (κ3) is 10.3. The number of hydrogen-bond donors (Lipinski definition) is 1. The van der Waals surface area contributed by atoms with Crippen molar-refractivity contribution in [3.63, 3.8) is 0 Å². The van der Waals surface area contributed by atoms with E-state index < -0.39 is 45.8 Å². The van der Waals surface area contributed by atoms with Crippen LogP contribution in [0.15, 0.2) is 48.7 Å². The molecule has 0 spiro atoms. The van der Waals surface area contributed by atoms with Crippen LogP contribution in [-0.4, -0.2) is 65.8 Å². The number of nitrogens with one attached hydrogen (secondary N) is 1. The van der Waals surface area contributed by atoms with Gasteiger partial charge in [0.05, 0.1) is 29.5 Å². The Kier molecular flexibility index (Phi) is 11.8. The predicted molar refractivity (Wildman–Crippen MR) is 199 cm³/mol. The van der Waals surface area contributed by atoms with Crippen LogP contribution >= 0.6 is 7.82 Å². The zero-order chi connectivity index (χ0) is 38.0. The molecule has 5 rings (SSSR count). The number of fused-ring (bicyclic) bond motifs is 1. The Morgan fingerprint density at radius 1 is 1.00 bits per heavy atom. The molecule has 0 radical (unpaired) electrons. The maximum absolute atomic E-state index is 13.6. The van der Waals surface area contributed by atoms with Crippen molar-refractivity contribution in [2.75, 3.05) is 19.5 Å². The van der Waals surface area contributed by atoms with E-state index in [0.717, 1.165) is 59.5 Å². The molecule has 2 aliphatic rings. The molecule has 52 heavy (non-hydrogen) atoms. The highest BCUT2D eigenvalue weighted by atomic mass is 32.2. The molecule has 0 unspecified atom stereocenters. The van der Waals surface area contributed by atoms with Gasteiger partial charge in [-0.1, -0.05) is 24.0 Å². The number of hydrogen-bond acceptors (Lipinski definition) is 10. The third-order valence-corrected chi connectivity index (χ3v) is 13.1. The van der Waals surface area contributed by atoms with Crippen LogP contribution < -0.4 is 5.48 Å². The van der Waals surface area contributed by atoms with Gasteiger partial charge >= 0.3 is 7.82 Å².